The number of ether oxygens (including phenoxy) is 1. The zero-order valence-corrected chi connectivity index (χ0v) is 12.1. The number of carbonyl (C=O) groups excluding carboxylic acids is 1. The first kappa shape index (κ1) is 14.0. The SMILES string of the molecule is CC(=O)Oc1cc(C)c2c(=O)c(-c3ccccn3)coc2c1. The molecule has 0 unspecified atom stereocenters. The van der Waals surface area contributed by atoms with E-state index in [-0.39, 0.29) is 5.43 Å². The molecular weight excluding hydrogens is 282 g/mol. The molecule has 0 radical (unpaired) electrons. The van der Waals surface area contributed by atoms with Gasteiger partial charge in [-0.25, -0.2) is 0 Å². The second-order valence-corrected chi connectivity index (χ2v) is 4.90. The highest BCUT2D eigenvalue weighted by Gasteiger charge is 2.13. The Morgan fingerprint density at radius 3 is 2.77 bits per heavy atom. The standard InChI is InChI=1S/C17H13NO4/c1-10-7-12(22-11(2)19)8-15-16(10)17(20)13(9-21-15)14-5-3-4-6-18-14/h3-9H,1-2H3. The summed E-state index contributed by atoms with van der Waals surface area (Å²) < 4.78 is 10.6. The minimum absolute atomic E-state index is 0.160. The zero-order chi connectivity index (χ0) is 15.7. The number of esters is 1. The number of hydrogen-bond acceptors (Lipinski definition) is 5. The first-order valence-corrected chi connectivity index (χ1v) is 6.72. The van der Waals surface area contributed by atoms with Gasteiger partial charge in [0.05, 0.1) is 16.6 Å². The zero-order valence-electron chi connectivity index (χ0n) is 12.1. The van der Waals surface area contributed by atoms with Crippen LogP contribution in [0.5, 0.6) is 5.75 Å². The van der Waals surface area contributed by atoms with E-state index in [0.717, 1.165) is 0 Å². The Labute approximate surface area is 126 Å². The number of aromatic nitrogens is 1. The number of rotatable bonds is 2. The average Bonchev–Trinajstić information content (AvgIpc) is 2.47. The maximum Gasteiger partial charge on any atom is 0.308 e. The van der Waals surface area contributed by atoms with Crippen molar-refractivity contribution < 1.29 is 13.9 Å². The highest BCUT2D eigenvalue weighted by atomic mass is 16.5. The molecule has 5 nitrogen and oxygen atoms in total. The van der Waals surface area contributed by atoms with Crippen LogP contribution in [0, 0.1) is 6.92 Å². The molecule has 110 valence electrons. The van der Waals surface area contributed by atoms with Gasteiger partial charge in [-0.2, -0.15) is 0 Å². The number of aryl methyl sites for hydroxylation is 1. The van der Waals surface area contributed by atoms with Crippen LogP contribution < -0.4 is 10.2 Å². The minimum Gasteiger partial charge on any atom is -0.463 e. The van der Waals surface area contributed by atoms with Crippen LogP contribution in [0.4, 0.5) is 0 Å². The predicted molar refractivity (Wildman–Crippen MR) is 81.8 cm³/mol. The highest BCUT2D eigenvalue weighted by Crippen LogP contribution is 2.25. The number of benzene rings is 1. The average molecular weight is 295 g/mol. The first-order valence-electron chi connectivity index (χ1n) is 6.72. The van der Waals surface area contributed by atoms with Crippen molar-refractivity contribution in [2.75, 3.05) is 0 Å². The predicted octanol–water partition coefficient (Wildman–Crippen LogP) is 3.09. The molecule has 3 rings (SSSR count). The molecule has 2 heterocycles. The Morgan fingerprint density at radius 2 is 2.09 bits per heavy atom. The lowest BCUT2D eigenvalue weighted by atomic mass is 10.1. The van der Waals surface area contributed by atoms with Crippen LogP contribution in [0.15, 0.2) is 52.0 Å². The number of pyridine rings is 1. The molecular formula is C17H13NO4. The van der Waals surface area contributed by atoms with Crippen molar-refractivity contribution in [3.63, 3.8) is 0 Å². The van der Waals surface area contributed by atoms with Gasteiger partial charge in [0.1, 0.15) is 17.6 Å². The maximum absolute atomic E-state index is 12.7. The van der Waals surface area contributed by atoms with Gasteiger partial charge in [-0.1, -0.05) is 6.07 Å². The molecule has 0 bridgehead atoms. The molecule has 1 aromatic carbocycles. The molecule has 0 N–H and O–H groups in total. The van der Waals surface area contributed by atoms with Gasteiger partial charge in [-0.3, -0.25) is 14.6 Å². The van der Waals surface area contributed by atoms with Crippen molar-refractivity contribution in [1.82, 2.24) is 4.98 Å². The van der Waals surface area contributed by atoms with Gasteiger partial charge in [0.25, 0.3) is 0 Å². The monoisotopic (exact) mass is 295 g/mol. The molecule has 0 aliphatic heterocycles. The topological polar surface area (TPSA) is 69.4 Å². The van der Waals surface area contributed by atoms with Gasteiger partial charge in [0.15, 0.2) is 0 Å². The van der Waals surface area contributed by atoms with Gasteiger partial charge in [-0.15, -0.1) is 0 Å². The second kappa shape index (κ2) is 5.44. The van der Waals surface area contributed by atoms with Crippen molar-refractivity contribution in [3.8, 4) is 17.0 Å². The largest absolute Gasteiger partial charge is 0.463 e. The highest BCUT2D eigenvalue weighted by molar-refractivity contribution is 5.85. The van der Waals surface area contributed by atoms with Crippen molar-refractivity contribution in [1.29, 1.82) is 0 Å². The lowest BCUT2D eigenvalue weighted by Crippen LogP contribution is -2.08. The van der Waals surface area contributed by atoms with Crippen LogP contribution in [-0.2, 0) is 4.79 Å². The normalized spacial score (nSPS) is 10.6. The lowest BCUT2D eigenvalue weighted by molar-refractivity contribution is -0.131. The van der Waals surface area contributed by atoms with Gasteiger partial charge >= 0.3 is 5.97 Å². The molecule has 0 amide bonds. The van der Waals surface area contributed by atoms with Crippen LogP contribution >= 0.6 is 0 Å². The molecule has 0 spiro atoms. The number of nitrogens with zero attached hydrogens (tertiary/aromatic N) is 1. The fraction of sp³-hybridized carbons (Fsp3) is 0.118. The summed E-state index contributed by atoms with van der Waals surface area (Å²) >= 11 is 0. The van der Waals surface area contributed by atoms with Crippen LogP contribution in [0.25, 0.3) is 22.2 Å². The molecule has 0 atom stereocenters. The van der Waals surface area contributed by atoms with Crippen LogP contribution in [0.2, 0.25) is 0 Å². The molecule has 3 aromatic rings. The van der Waals surface area contributed by atoms with E-state index in [1.807, 2.05) is 6.07 Å². The molecule has 0 aliphatic carbocycles. The number of carbonyl (C=O) groups is 1. The molecule has 5 heteroatoms. The summed E-state index contributed by atoms with van der Waals surface area (Å²) in [5, 5.41) is 0.457. The third-order valence-electron chi connectivity index (χ3n) is 3.25. The summed E-state index contributed by atoms with van der Waals surface area (Å²) in [6, 6.07) is 8.52. The van der Waals surface area contributed by atoms with E-state index >= 15 is 0 Å². The van der Waals surface area contributed by atoms with E-state index in [0.29, 0.717) is 33.5 Å². The van der Waals surface area contributed by atoms with Gasteiger partial charge in [0.2, 0.25) is 5.43 Å². The number of fused-ring (bicyclic) bond motifs is 1. The summed E-state index contributed by atoms with van der Waals surface area (Å²) in [7, 11) is 0. The number of hydrogen-bond donors (Lipinski definition) is 0. The van der Waals surface area contributed by atoms with Crippen molar-refractivity contribution in [2.45, 2.75) is 13.8 Å². The summed E-state index contributed by atoms with van der Waals surface area (Å²) in [5.41, 5.74) is 1.85. The van der Waals surface area contributed by atoms with Crippen LogP contribution in [-0.4, -0.2) is 11.0 Å². The Bertz CT molecular complexity index is 913. The fourth-order valence-electron chi connectivity index (χ4n) is 2.34. The second-order valence-electron chi connectivity index (χ2n) is 4.90. The molecule has 0 saturated heterocycles. The summed E-state index contributed by atoms with van der Waals surface area (Å²) in [4.78, 5) is 27.9. The molecule has 0 saturated carbocycles. The van der Waals surface area contributed by atoms with E-state index in [4.69, 9.17) is 9.15 Å². The fourth-order valence-corrected chi connectivity index (χ4v) is 2.34. The van der Waals surface area contributed by atoms with Gasteiger partial charge in [-0.05, 0) is 30.7 Å². The molecule has 0 fully saturated rings. The quantitative estimate of drug-likeness (QED) is 0.536. The smallest absolute Gasteiger partial charge is 0.308 e. The summed E-state index contributed by atoms with van der Waals surface area (Å²) in [6.45, 7) is 3.09. The summed E-state index contributed by atoms with van der Waals surface area (Å²) in [6.07, 6.45) is 3.00. The van der Waals surface area contributed by atoms with E-state index in [2.05, 4.69) is 4.98 Å². The van der Waals surface area contributed by atoms with Crippen molar-refractivity contribution in [3.05, 3.63) is 58.6 Å². The van der Waals surface area contributed by atoms with Crippen LogP contribution in [0.3, 0.4) is 0 Å². The molecule has 22 heavy (non-hydrogen) atoms. The maximum atomic E-state index is 12.7. The minimum atomic E-state index is -0.425. The molecule has 0 aliphatic rings. The Balaban J connectivity index is 2.22. The first-order chi connectivity index (χ1) is 10.6. The van der Waals surface area contributed by atoms with E-state index in [1.165, 1.54) is 19.3 Å². The van der Waals surface area contributed by atoms with Crippen molar-refractivity contribution >= 4 is 16.9 Å². The van der Waals surface area contributed by atoms with Crippen molar-refractivity contribution in [2.24, 2.45) is 0 Å². The van der Waals surface area contributed by atoms with Gasteiger partial charge in [0, 0.05) is 19.2 Å². The van der Waals surface area contributed by atoms with E-state index < -0.39 is 5.97 Å². The third-order valence-corrected chi connectivity index (χ3v) is 3.25. The van der Waals surface area contributed by atoms with E-state index in [9.17, 15) is 9.59 Å². The Hall–Kier alpha value is -2.95. The summed E-state index contributed by atoms with van der Waals surface area (Å²) in [5.74, 6) is -0.0718. The third kappa shape index (κ3) is 2.48. The Kier molecular flexibility index (Phi) is 3.47. The lowest BCUT2D eigenvalue weighted by Gasteiger charge is -2.07. The van der Waals surface area contributed by atoms with E-state index in [1.54, 1.807) is 31.3 Å². The van der Waals surface area contributed by atoms with Crippen LogP contribution in [0.1, 0.15) is 12.5 Å². The molecule has 2 aromatic heterocycles. The van der Waals surface area contributed by atoms with Gasteiger partial charge < -0.3 is 9.15 Å². The Morgan fingerprint density at radius 1 is 1.27 bits per heavy atom.